The number of amides is 1. The third-order valence-corrected chi connectivity index (χ3v) is 4.14. The van der Waals surface area contributed by atoms with E-state index in [-0.39, 0.29) is 0 Å². The van der Waals surface area contributed by atoms with Gasteiger partial charge in [0.05, 0.1) is 12.7 Å². The minimum Gasteiger partial charge on any atom is -0.478 e. The molecule has 0 aliphatic heterocycles. The standard InChI is InChI=1S/C9H14N4O5S/c1-12(2)7(14)5-13(3)19(17,18)8-6(9(15)16)4-10-11-8/h4H,5H2,1-3H3,(H,10,11)(H,15,16). The Bertz CT molecular complexity index is 592. The van der Waals surface area contributed by atoms with Crippen molar-refractivity contribution in [2.24, 2.45) is 0 Å². The number of aromatic nitrogens is 2. The van der Waals surface area contributed by atoms with Crippen molar-refractivity contribution in [3.05, 3.63) is 11.8 Å². The van der Waals surface area contributed by atoms with Gasteiger partial charge in [0, 0.05) is 21.1 Å². The summed E-state index contributed by atoms with van der Waals surface area (Å²) in [5.74, 6) is -1.85. The summed E-state index contributed by atoms with van der Waals surface area (Å²) in [7, 11) is 0.0463. The number of hydrogen-bond acceptors (Lipinski definition) is 5. The monoisotopic (exact) mass is 290 g/mol. The molecule has 0 aliphatic carbocycles. The molecule has 0 radical (unpaired) electrons. The summed E-state index contributed by atoms with van der Waals surface area (Å²) >= 11 is 0. The van der Waals surface area contributed by atoms with Crippen molar-refractivity contribution in [3.8, 4) is 0 Å². The van der Waals surface area contributed by atoms with Crippen LogP contribution in [0, 0.1) is 0 Å². The molecule has 1 rings (SSSR count). The van der Waals surface area contributed by atoms with Crippen LogP contribution in [-0.2, 0) is 14.8 Å². The highest BCUT2D eigenvalue weighted by atomic mass is 32.2. The molecule has 0 saturated carbocycles. The van der Waals surface area contributed by atoms with Gasteiger partial charge in [-0.2, -0.15) is 9.40 Å². The first kappa shape index (κ1) is 15.1. The highest BCUT2D eigenvalue weighted by Gasteiger charge is 2.30. The van der Waals surface area contributed by atoms with Gasteiger partial charge in [-0.3, -0.25) is 9.89 Å². The van der Waals surface area contributed by atoms with Gasteiger partial charge in [-0.15, -0.1) is 0 Å². The van der Waals surface area contributed by atoms with Crippen molar-refractivity contribution < 1.29 is 23.1 Å². The molecule has 19 heavy (non-hydrogen) atoms. The lowest BCUT2D eigenvalue weighted by Gasteiger charge is -2.18. The van der Waals surface area contributed by atoms with Gasteiger partial charge in [-0.25, -0.2) is 13.2 Å². The van der Waals surface area contributed by atoms with E-state index in [4.69, 9.17) is 5.11 Å². The third kappa shape index (κ3) is 3.09. The maximum atomic E-state index is 12.1. The topological polar surface area (TPSA) is 124 Å². The molecule has 1 aromatic rings. The van der Waals surface area contributed by atoms with Crippen LogP contribution in [0.15, 0.2) is 11.2 Å². The zero-order valence-electron chi connectivity index (χ0n) is 10.6. The Morgan fingerprint density at radius 3 is 2.42 bits per heavy atom. The number of sulfonamides is 1. The molecule has 0 atom stereocenters. The van der Waals surface area contributed by atoms with E-state index in [0.717, 1.165) is 10.5 Å². The van der Waals surface area contributed by atoms with Gasteiger partial charge in [0.2, 0.25) is 5.91 Å². The molecular formula is C9H14N4O5S. The summed E-state index contributed by atoms with van der Waals surface area (Å²) in [5.41, 5.74) is -0.468. The van der Waals surface area contributed by atoms with Crippen LogP contribution in [0.5, 0.6) is 0 Å². The number of carbonyl (C=O) groups is 2. The lowest BCUT2D eigenvalue weighted by atomic mass is 10.4. The van der Waals surface area contributed by atoms with E-state index in [1.165, 1.54) is 26.0 Å². The molecule has 1 aromatic heterocycles. The summed E-state index contributed by atoms with van der Waals surface area (Å²) in [4.78, 5) is 23.6. The van der Waals surface area contributed by atoms with E-state index in [1.807, 2.05) is 0 Å². The fourth-order valence-electron chi connectivity index (χ4n) is 1.20. The number of aromatic carboxylic acids is 1. The van der Waals surface area contributed by atoms with E-state index in [1.54, 1.807) is 0 Å². The Hall–Kier alpha value is -1.94. The second-order valence-corrected chi connectivity index (χ2v) is 5.95. The molecule has 1 heterocycles. The highest BCUT2D eigenvalue weighted by molar-refractivity contribution is 7.89. The van der Waals surface area contributed by atoms with Crippen LogP contribution in [0.2, 0.25) is 0 Å². The number of likely N-dealkylation sites (N-methyl/N-ethyl adjacent to an activating group) is 2. The average molecular weight is 290 g/mol. The van der Waals surface area contributed by atoms with Crippen LogP contribution in [-0.4, -0.2) is 72.5 Å². The van der Waals surface area contributed by atoms with Crippen LogP contribution in [0.1, 0.15) is 10.4 Å². The zero-order chi connectivity index (χ0) is 14.8. The van der Waals surface area contributed by atoms with Crippen LogP contribution >= 0.6 is 0 Å². The van der Waals surface area contributed by atoms with Crippen molar-refractivity contribution >= 4 is 21.9 Å². The summed E-state index contributed by atoms with van der Waals surface area (Å²) in [5, 5.41) is 13.8. The lowest BCUT2D eigenvalue weighted by Crippen LogP contribution is -2.38. The minimum absolute atomic E-state index is 0.395. The molecule has 0 saturated heterocycles. The molecule has 0 fully saturated rings. The van der Waals surface area contributed by atoms with Crippen molar-refractivity contribution in [3.63, 3.8) is 0 Å². The molecule has 0 aliphatic rings. The Balaban J connectivity index is 3.07. The number of H-pyrrole nitrogens is 1. The number of rotatable bonds is 5. The van der Waals surface area contributed by atoms with E-state index >= 15 is 0 Å². The molecular weight excluding hydrogens is 276 g/mol. The van der Waals surface area contributed by atoms with Gasteiger partial charge < -0.3 is 10.0 Å². The quantitative estimate of drug-likeness (QED) is 0.703. The molecule has 0 unspecified atom stereocenters. The van der Waals surface area contributed by atoms with Crippen molar-refractivity contribution in [1.82, 2.24) is 19.4 Å². The maximum Gasteiger partial charge on any atom is 0.340 e. The Kier molecular flexibility index (Phi) is 4.27. The zero-order valence-corrected chi connectivity index (χ0v) is 11.4. The average Bonchev–Trinajstić information content (AvgIpc) is 2.77. The number of carboxylic acids is 1. The molecule has 2 N–H and O–H groups in total. The van der Waals surface area contributed by atoms with E-state index in [9.17, 15) is 18.0 Å². The smallest absolute Gasteiger partial charge is 0.340 e. The maximum absolute atomic E-state index is 12.1. The van der Waals surface area contributed by atoms with Gasteiger partial charge in [-0.05, 0) is 0 Å². The van der Waals surface area contributed by atoms with Crippen LogP contribution < -0.4 is 0 Å². The van der Waals surface area contributed by atoms with E-state index in [2.05, 4.69) is 10.2 Å². The van der Waals surface area contributed by atoms with E-state index in [0.29, 0.717) is 0 Å². The molecule has 0 spiro atoms. The number of carbonyl (C=O) groups excluding carboxylic acids is 1. The second-order valence-electron chi connectivity index (χ2n) is 3.97. The number of nitrogens with zero attached hydrogens (tertiary/aromatic N) is 3. The molecule has 9 nitrogen and oxygen atoms in total. The SMILES string of the molecule is CN(C)C(=O)CN(C)S(=O)(=O)c1[nH]ncc1C(=O)O. The first-order valence-corrected chi connectivity index (χ1v) is 6.55. The molecule has 106 valence electrons. The Labute approximate surface area is 109 Å². The van der Waals surface area contributed by atoms with Crippen LogP contribution in [0.3, 0.4) is 0 Å². The largest absolute Gasteiger partial charge is 0.478 e. The number of hydrogen-bond donors (Lipinski definition) is 2. The fraction of sp³-hybridized carbons (Fsp3) is 0.444. The first-order valence-electron chi connectivity index (χ1n) is 5.11. The van der Waals surface area contributed by atoms with Crippen LogP contribution in [0.4, 0.5) is 0 Å². The number of aromatic amines is 1. The van der Waals surface area contributed by atoms with Gasteiger partial charge >= 0.3 is 5.97 Å². The Morgan fingerprint density at radius 2 is 1.95 bits per heavy atom. The normalized spacial score (nSPS) is 11.6. The van der Waals surface area contributed by atoms with Gasteiger partial charge in [0.15, 0.2) is 5.03 Å². The predicted molar refractivity (Wildman–Crippen MR) is 64.1 cm³/mol. The molecule has 0 bridgehead atoms. The summed E-state index contributed by atoms with van der Waals surface area (Å²) in [6.07, 6.45) is 0.900. The summed E-state index contributed by atoms with van der Waals surface area (Å²) in [6, 6.07) is 0. The molecule has 1 amide bonds. The summed E-state index contributed by atoms with van der Waals surface area (Å²) in [6.45, 7) is -0.395. The molecule has 0 aromatic carbocycles. The lowest BCUT2D eigenvalue weighted by molar-refractivity contribution is -0.128. The number of carboxylic acid groups (broad SMARTS) is 1. The van der Waals surface area contributed by atoms with Crippen molar-refractivity contribution in [2.45, 2.75) is 5.03 Å². The fourth-order valence-corrected chi connectivity index (χ4v) is 2.37. The van der Waals surface area contributed by atoms with Crippen molar-refractivity contribution in [2.75, 3.05) is 27.7 Å². The second kappa shape index (κ2) is 5.36. The van der Waals surface area contributed by atoms with Gasteiger partial charge in [-0.1, -0.05) is 0 Å². The van der Waals surface area contributed by atoms with Gasteiger partial charge in [0.25, 0.3) is 10.0 Å². The molecule has 10 heteroatoms. The predicted octanol–water partition coefficient (Wildman–Crippen LogP) is -1.18. The summed E-state index contributed by atoms with van der Waals surface area (Å²) < 4.78 is 25.0. The van der Waals surface area contributed by atoms with Gasteiger partial charge in [0.1, 0.15) is 5.56 Å². The third-order valence-electron chi connectivity index (χ3n) is 2.36. The Morgan fingerprint density at radius 1 is 1.37 bits per heavy atom. The van der Waals surface area contributed by atoms with Crippen LogP contribution in [0.25, 0.3) is 0 Å². The van der Waals surface area contributed by atoms with Crippen molar-refractivity contribution in [1.29, 1.82) is 0 Å². The van der Waals surface area contributed by atoms with E-state index < -0.39 is 39.0 Å². The number of nitrogens with one attached hydrogen (secondary N) is 1. The minimum atomic E-state index is -4.11. The highest BCUT2D eigenvalue weighted by Crippen LogP contribution is 2.16. The first-order chi connectivity index (χ1) is 8.67.